The van der Waals surface area contributed by atoms with Gasteiger partial charge >= 0.3 is 0 Å². The number of para-hydroxylation sites is 1. The van der Waals surface area contributed by atoms with E-state index >= 15 is 0 Å². The minimum absolute atomic E-state index is 0.00130. The highest BCUT2D eigenvalue weighted by molar-refractivity contribution is 8.15. The van der Waals surface area contributed by atoms with E-state index in [1.807, 2.05) is 31.2 Å². The van der Waals surface area contributed by atoms with Crippen molar-refractivity contribution in [3.05, 3.63) is 72.6 Å². The van der Waals surface area contributed by atoms with E-state index in [4.69, 9.17) is 0 Å². The predicted octanol–water partition coefficient (Wildman–Crippen LogP) is 4.28. The number of hydrogen-bond donors (Lipinski definition) is 1. The van der Waals surface area contributed by atoms with E-state index in [1.54, 1.807) is 11.0 Å². The molecule has 1 fully saturated rings. The summed E-state index contributed by atoms with van der Waals surface area (Å²) < 4.78 is 13.0. The predicted molar refractivity (Wildman–Crippen MR) is 111 cm³/mol. The lowest BCUT2D eigenvalue weighted by Crippen LogP contribution is -2.33. The summed E-state index contributed by atoms with van der Waals surface area (Å²) in [6, 6.07) is 13.1. The Hall–Kier alpha value is -2.93. The summed E-state index contributed by atoms with van der Waals surface area (Å²) in [5.74, 6) is -0.865. The van der Waals surface area contributed by atoms with Crippen molar-refractivity contribution in [2.24, 2.45) is 4.99 Å². The first-order valence-corrected chi connectivity index (χ1v) is 9.64. The number of nitrogens with one attached hydrogen (secondary N) is 1. The number of carbonyl (C=O) groups excluding carboxylic acids is 2. The Morgan fingerprint density at radius 3 is 2.68 bits per heavy atom. The van der Waals surface area contributed by atoms with E-state index in [9.17, 15) is 14.0 Å². The molecule has 144 valence electrons. The fourth-order valence-corrected chi connectivity index (χ4v) is 3.89. The van der Waals surface area contributed by atoms with Gasteiger partial charge in [-0.05, 0) is 42.8 Å². The van der Waals surface area contributed by atoms with Crippen molar-refractivity contribution in [1.29, 1.82) is 0 Å². The van der Waals surface area contributed by atoms with Crippen molar-refractivity contribution >= 4 is 40.1 Å². The Bertz CT molecular complexity index is 928. The van der Waals surface area contributed by atoms with Crippen molar-refractivity contribution < 1.29 is 14.0 Å². The van der Waals surface area contributed by atoms with Crippen LogP contribution in [0, 0.1) is 12.7 Å². The van der Waals surface area contributed by atoms with E-state index in [-0.39, 0.29) is 24.1 Å². The molecule has 0 radical (unpaired) electrons. The minimum Gasteiger partial charge on any atom is -0.326 e. The number of hydrogen-bond acceptors (Lipinski definition) is 4. The van der Waals surface area contributed by atoms with Crippen LogP contribution in [-0.4, -0.2) is 33.7 Å². The zero-order chi connectivity index (χ0) is 20.1. The average molecular weight is 397 g/mol. The van der Waals surface area contributed by atoms with Gasteiger partial charge in [0, 0.05) is 18.7 Å². The van der Waals surface area contributed by atoms with Gasteiger partial charge in [-0.25, -0.2) is 9.38 Å². The van der Waals surface area contributed by atoms with Crippen LogP contribution in [0.4, 0.5) is 15.8 Å². The Morgan fingerprint density at radius 2 is 2.00 bits per heavy atom. The molecule has 1 aliphatic heterocycles. The van der Waals surface area contributed by atoms with Gasteiger partial charge in [0.1, 0.15) is 11.1 Å². The zero-order valence-electron chi connectivity index (χ0n) is 15.4. The van der Waals surface area contributed by atoms with Gasteiger partial charge in [0.05, 0.1) is 5.69 Å². The van der Waals surface area contributed by atoms with Crippen LogP contribution in [-0.2, 0) is 9.59 Å². The van der Waals surface area contributed by atoms with Crippen LogP contribution in [0.5, 0.6) is 0 Å². The summed E-state index contributed by atoms with van der Waals surface area (Å²) in [5.41, 5.74) is 2.26. The van der Waals surface area contributed by atoms with Crippen LogP contribution in [0.25, 0.3) is 0 Å². The zero-order valence-corrected chi connectivity index (χ0v) is 16.2. The van der Waals surface area contributed by atoms with Gasteiger partial charge in [-0.1, -0.05) is 36.0 Å². The van der Waals surface area contributed by atoms with Crippen LogP contribution < -0.4 is 5.32 Å². The van der Waals surface area contributed by atoms with E-state index in [2.05, 4.69) is 16.9 Å². The first-order chi connectivity index (χ1) is 13.5. The molecule has 0 unspecified atom stereocenters. The summed E-state index contributed by atoms with van der Waals surface area (Å²) in [5, 5.41) is 2.68. The highest BCUT2D eigenvalue weighted by atomic mass is 32.2. The molecule has 2 aromatic carbocycles. The van der Waals surface area contributed by atoms with Gasteiger partial charge in [0.2, 0.25) is 11.8 Å². The third kappa shape index (κ3) is 4.67. The Labute approximate surface area is 167 Å². The van der Waals surface area contributed by atoms with Crippen molar-refractivity contribution in [3.63, 3.8) is 0 Å². The van der Waals surface area contributed by atoms with Gasteiger partial charge < -0.3 is 5.32 Å². The highest BCUT2D eigenvalue weighted by Gasteiger charge is 2.38. The van der Waals surface area contributed by atoms with Crippen LogP contribution in [0.1, 0.15) is 12.0 Å². The number of nitrogens with zero attached hydrogens (tertiary/aromatic N) is 2. The number of amides is 2. The minimum atomic E-state index is -0.567. The Kier molecular flexibility index (Phi) is 6.26. The number of anilines is 1. The van der Waals surface area contributed by atoms with Gasteiger partial charge in [-0.3, -0.25) is 14.5 Å². The number of rotatable bonds is 6. The molecule has 3 rings (SSSR count). The fourth-order valence-electron chi connectivity index (χ4n) is 2.73. The van der Waals surface area contributed by atoms with Crippen LogP contribution in [0.15, 0.2) is 66.2 Å². The third-order valence-corrected chi connectivity index (χ3v) is 5.34. The van der Waals surface area contributed by atoms with Crippen LogP contribution in [0.2, 0.25) is 0 Å². The monoisotopic (exact) mass is 397 g/mol. The SMILES string of the molecule is C=CCN1C(=O)[C@H](CC(=O)Nc2ccc(F)cc2)SC1=Nc1ccccc1C. The number of halogens is 1. The van der Waals surface area contributed by atoms with Crippen molar-refractivity contribution in [2.45, 2.75) is 18.6 Å². The molecule has 0 aliphatic carbocycles. The average Bonchev–Trinajstić information content (AvgIpc) is 2.94. The number of amidine groups is 1. The molecule has 1 atom stereocenters. The molecule has 0 saturated carbocycles. The maximum Gasteiger partial charge on any atom is 0.242 e. The van der Waals surface area contributed by atoms with Crippen molar-refractivity contribution in [2.75, 3.05) is 11.9 Å². The first-order valence-electron chi connectivity index (χ1n) is 8.76. The topological polar surface area (TPSA) is 61.8 Å². The molecule has 1 saturated heterocycles. The van der Waals surface area contributed by atoms with Gasteiger partial charge in [-0.2, -0.15) is 0 Å². The number of aliphatic imine (C=N–C) groups is 1. The molecule has 0 bridgehead atoms. The third-order valence-electron chi connectivity index (χ3n) is 4.16. The lowest BCUT2D eigenvalue weighted by Gasteiger charge is -2.14. The fraction of sp³-hybridized carbons (Fsp3) is 0.190. The van der Waals surface area contributed by atoms with E-state index < -0.39 is 5.25 Å². The maximum absolute atomic E-state index is 13.0. The summed E-state index contributed by atoms with van der Waals surface area (Å²) in [6.07, 6.45) is 1.63. The molecule has 7 heteroatoms. The van der Waals surface area contributed by atoms with Crippen molar-refractivity contribution in [3.8, 4) is 0 Å². The summed E-state index contributed by atoms with van der Waals surface area (Å²) >= 11 is 1.27. The van der Waals surface area contributed by atoms with Gasteiger partial charge in [-0.15, -0.1) is 6.58 Å². The Balaban J connectivity index is 1.74. The molecule has 1 heterocycles. The number of aryl methyl sites for hydroxylation is 1. The number of thioether (sulfide) groups is 1. The second-order valence-corrected chi connectivity index (χ2v) is 7.45. The molecule has 0 aromatic heterocycles. The largest absolute Gasteiger partial charge is 0.326 e. The maximum atomic E-state index is 13.0. The smallest absolute Gasteiger partial charge is 0.242 e. The quantitative estimate of drug-likeness (QED) is 0.740. The molecule has 5 nitrogen and oxygen atoms in total. The summed E-state index contributed by atoms with van der Waals surface area (Å²) in [6.45, 7) is 5.98. The number of carbonyl (C=O) groups is 2. The van der Waals surface area contributed by atoms with Crippen LogP contribution >= 0.6 is 11.8 Å². The molecule has 2 aromatic rings. The number of benzene rings is 2. The molecular formula is C21H20FN3O2S. The standard InChI is InChI=1S/C21H20FN3O2S/c1-3-12-25-20(27)18(13-19(26)23-16-10-8-15(22)9-11-16)28-21(25)24-17-7-5-4-6-14(17)2/h3-11,18H,1,12-13H2,2H3,(H,23,26)/t18-/m0/s1. The molecule has 28 heavy (non-hydrogen) atoms. The molecule has 0 spiro atoms. The van der Waals surface area contributed by atoms with Crippen LogP contribution in [0.3, 0.4) is 0 Å². The summed E-state index contributed by atoms with van der Waals surface area (Å²) in [7, 11) is 0. The lowest BCUT2D eigenvalue weighted by molar-refractivity contribution is -0.127. The first kappa shape index (κ1) is 19.8. The molecule has 1 N–H and O–H groups in total. The normalized spacial score (nSPS) is 17.8. The lowest BCUT2D eigenvalue weighted by atomic mass is 10.2. The summed E-state index contributed by atoms with van der Waals surface area (Å²) in [4.78, 5) is 31.3. The van der Waals surface area contributed by atoms with E-state index in [0.29, 0.717) is 17.4 Å². The second-order valence-electron chi connectivity index (χ2n) is 6.28. The van der Waals surface area contributed by atoms with Crippen molar-refractivity contribution in [1.82, 2.24) is 4.90 Å². The Morgan fingerprint density at radius 1 is 1.29 bits per heavy atom. The molecular weight excluding hydrogens is 377 g/mol. The molecule has 1 aliphatic rings. The van der Waals surface area contributed by atoms with Gasteiger partial charge in [0.15, 0.2) is 5.17 Å². The second kappa shape index (κ2) is 8.84. The highest BCUT2D eigenvalue weighted by Crippen LogP contribution is 2.32. The van der Waals surface area contributed by atoms with Gasteiger partial charge in [0.25, 0.3) is 0 Å². The molecule has 2 amide bonds. The van der Waals surface area contributed by atoms with E-state index in [0.717, 1.165) is 11.3 Å². The van der Waals surface area contributed by atoms with E-state index in [1.165, 1.54) is 36.0 Å².